The minimum atomic E-state index is 0.362. The van der Waals surface area contributed by atoms with Crippen LogP contribution >= 0.6 is 0 Å². The van der Waals surface area contributed by atoms with E-state index in [0.29, 0.717) is 12.0 Å². The Balaban J connectivity index is 1.54. The van der Waals surface area contributed by atoms with Crippen molar-refractivity contribution in [2.24, 2.45) is 13.0 Å². The van der Waals surface area contributed by atoms with Gasteiger partial charge in [-0.15, -0.1) is 0 Å². The Morgan fingerprint density at radius 2 is 1.97 bits per heavy atom. The van der Waals surface area contributed by atoms with Gasteiger partial charge in [-0.25, -0.2) is 9.97 Å². The van der Waals surface area contributed by atoms with Crippen molar-refractivity contribution in [1.29, 1.82) is 0 Å². The Kier molecular flexibility index (Phi) is 5.08. The number of fused-ring (bicyclic) bond motifs is 1. The van der Waals surface area contributed by atoms with Crippen LogP contribution in [0.3, 0.4) is 0 Å². The number of aromatic nitrogens is 7. The first-order valence-electron chi connectivity index (χ1n) is 10.6. The van der Waals surface area contributed by atoms with Gasteiger partial charge >= 0.3 is 0 Å². The van der Waals surface area contributed by atoms with Gasteiger partial charge in [-0.05, 0) is 25.2 Å². The molecule has 1 atom stereocenters. The third-order valence-corrected chi connectivity index (χ3v) is 6.15. The number of ether oxygens (including phenoxy) is 1. The highest BCUT2D eigenvalue weighted by Crippen LogP contribution is 2.36. The van der Waals surface area contributed by atoms with Gasteiger partial charge in [0.1, 0.15) is 11.5 Å². The lowest BCUT2D eigenvalue weighted by molar-refractivity contribution is 0.157. The molecule has 0 bridgehead atoms. The molecule has 30 heavy (non-hydrogen) atoms. The molecule has 0 spiro atoms. The Morgan fingerprint density at radius 3 is 2.73 bits per heavy atom. The second-order valence-corrected chi connectivity index (χ2v) is 8.13. The van der Waals surface area contributed by atoms with E-state index in [1.807, 2.05) is 42.3 Å². The standard InChI is InChI=1S/C22H27N7O/c1-27-14-17(12-24-27)19-11-21-23-8-9-28(21)22(26-19)18-13-25-29(15-18)20(7-10-30-2)16-5-3-4-6-16/h8-9,11-16,20H,3-7,10H2,1-2H3. The summed E-state index contributed by atoms with van der Waals surface area (Å²) in [4.78, 5) is 9.45. The van der Waals surface area contributed by atoms with Crippen molar-refractivity contribution in [3.8, 4) is 22.6 Å². The average Bonchev–Trinajstić information content (AvgIpc) is 3.54. The summed E-state index contributed by atoms with van der Waals surface area (Å²) in [7, 11) is 3.68. The first-order valence-corrected chi connectivity index (χ1v) is 10.6. The van der Waals surface area contributed by atoms with Crippen LogP contribution in [-0.2, 0) is 11.8 Å². The van der Waals surface area contributed by atoms with Crippen LogP contribution in [0.2, 0.25) is 0 Å². The van der Waals surface area contributed by atoms with Crippen molar-refractivity contribution < 1.29 is 4.74 Å². The third-order valence-electron chi connectivity index (χ3n) is 6.15. The molecular weight excluding hydrogens is 378 g/mol. The Labute approximate surface area is 175 Å². The van der Waals surface area contributed by atoms with E-state index in [1.165, 1.54) is 25.7 Å². The van der Waals surface area contributed by atoms with Crippen molar-refractivity contribution in [2.75, 3.05) is 13.7 Å². The third kappa shape index (κ3) is 3.52. The molecule has 0 aliphatic heterocycles. The topological polar surface area (TPSA) is 75.1 Å². The quantitative estimate of drug-likeness (QED) is 0.468. The van der Waals surface area contributed by atoms with Gasteiger partial charge in [0.2, 0.25) is 0 Å². The number of hydrogen-bond acceptors (Lipinski definition) is 5. The molecule has 1 unspecified atom stereocenters. The number of nitrogens with zero attached hydrogens (tertiary/aromatic N) is 7. The number of methoxy groups -OCH3 is 1. The second kappa shape index (κ2) is 8.02. The molecule has 0 aromatic carbocycles. The van der Waals surface area contributed by atoms with E-state index in [0.717, 1.165) is 41.3 Å². The van der Waals surface area contributed by atoms with Crippen molar-refractivity contribution in [3.05, 3.63) is 43.2 Å². The van der Waals surface area contributed by atoms with Crippen molar-refractivity contribution in [2.45, 2.75) is 38.1 Å². The summed E-state index contributed by atoms with van der Waals surface area (Å²) >= 11 is 0. The normalized spacial score (nSPS) is 15.9. The number of rotatable bonds is 7. The fourth-order valence-corrected chi connectivity index (χ4v) is 4.63. The molecule has 1 aliphatic rings. The zero-order chi connectivity index (χ0) is 20.5. The predicted octanol–water partition coefficient (Wildman–Crippen LogP) is 3.76. The summed E-state index contributed by atoms with van der Waals surface area (Å²) in [6, 6.07) is 2.35. The zero-order valence-electron chi connectivity index (χ0n) is 17.5. The summed E-state index contributed by atoms with van der Waals surface area (Å²) in [5.74, 6) is 1.50. The van der Waals surface area contributed by atoms with Crippen LogP contribution in [0.1, 0.15) is 38.1 Å². The number of aryl methyl sites for hydroxylation is 1. The molecule has 0 radical (unpaired) electrons. The lowest BCUT2D eigenvalue weighted by Crippen LogP contribution is -2.19. The number of hydrogen-bond donors (Lipinski definition) is 0. The van der Waals surface area contributed by atoms with Gasteiger partial charge in [-0.3, -0.25) is 13.8 Å². The van der Waals surface area contributed by atoms with E-state index in [1.54, 1.807) is 18.0 Å². The predicted molar refractivity (Wildman–Crippen MR) is 114 cm³/mol. The Hall–Kier alpha value is -3.00. The zero-order valence-corrected chi connectivity index (χ0v) is 17.5. The monoisotopic (exact) mass is 405 g/mol. The van der Waals surface area contributed by atoms with E-state index >= 15 is 0 Å². The molecule has 5 rings (SSSR count). The summed E-state index contributed by atoms with van der Waals surface area (Å²) in [5.41, 5.74) is 3.68. The molecule has 1 fully saturated rings. The lowest BCUT2D eigenvalue weighted by atomic mass is 9.96. The first-order chi connectivity index (χ1) is 14.7. The van der Waals surface area contributed by atoms with Gasteiger partial charge in [0.25, 0.3) is 0 Å². The molecule has 0 saturated heterocycles. The minimum Gasteiger partial charge on any atom is -0.385 e. The smallest absolute Gasteiger partial charge is 0.149 e. The molecule has 156 valence electrons. The maximum absolute atomic E-state index is 5.39. The van der Waals surface area contributed by atoms with Gasteiger partial charge in [-0.1, -0.05) is 12.8 Å². The van der Waals surface area contributed by atoms with Crippen LogP contribution in [0.25, 0.3) is 28.3 Å². The van der Waals surface area contributed by atoms with Crippen LogP contribution in [0.4, 0.5) is 0 Å². The summed E-state index contributed by atoms with van der Waals surface area (Å²) in [5, 5.41) is 9.04. The SMILES string of the molecule is COCCC(C1CCCC1)n1cc(-c2nc(-c3cnn(C)c3)cc3nccn23)cn1. The molecular formula is C22H27N7O. The fraction of sp³-hybridized carbons (Fsp3) is 0.455. The maximum Gasteiger partial charge on any atom is 0.149 e. The summed E-state index contributed by atoms with van der Waals surface area (Å²) in [6.07, 6.45) is 17.7. The molecule has 1 aliphatic carbocycles. The van der Waals surface area contributed by atoms with Gasteiger partial charge in [0, 0.05) is 57.2 Å². The van der Waals surface area contributed by atoms with Gasteiger partial charge in [0.05, 0.1) is 29.7 Å². The van der Waals surface area contributed by atoms with Crippen LogP contribution in [0.15, 0.2) is 43.2 Å². The van der Waals surface area contributed by atoms with Crippen molar-refractivity contribution in [3.63, 3.8) is 0 Å². The molecule has 4 aromatic heterocycles. The lowest BCUT2D eigenvalue weighted by Gasteiger charge is -2.23. The minimum absolute atomic E-state index is 0.362. The molecule has 0 amide bonds. The largest absolute Gasteiger partial charge is 0.385 e. The Bertz CT molecular complexity index is 1140. The van der Waals surface area contributed by atoms with Gasteiger partial charge < -0.3 is 4.74 Å². The molecule has 4 heterocycles. The van der Waals surface area contributed by atoms with E-state index < -0.39 is 0 Å². The van der Waals surface area contributed by atoms with Crippen molar-refractivity contribution in [1.82, 2.24) is 33.9 Å². The Morgan fingerprint density at radius 1 is 1.13 bits per heavy atom. The first kappa shape index (κ1) is 19.0. The highest BCUT2D eigenvalue weighted by Gasteiger charge is 2.27. The summed E-state index contributed by atoms with van der Waals surface area (Å²) < 4.78 is 11.3. The maximum atomic E-state index is 5.39. The van der Waals surface area contributed by atoms with E-state index in [-0.39, 0.29) is 0 Å². The second-order valence-electron chi connectivity index (χ2n) is 8.13. The highest BCUT2D eigenvalue weighted by atomic mass is 16.5. The van der Waals surface area contributed by atoms with Gasteiger partial charge in [0.15, 0.2) is 0 Å². The average molecular weight is 406 g/mol. The van der Waals surface area contributed by atoms with E-state index in [4.69, 9.17) is 14.8 Å². The highest BCUT2D eigenvalue weighted by molar-refractivity contribution is 5.68. The van der Waals surface area contributed by atoms with Crippen LogP contribution < -0.4 is 0 Å². The molecule has 4 aromatic rings. The number of imidazole rings is 1. The molecule has 8 heteroatoms. The summed E-state index contributed by atoms with van der Waals surface area (Å²) in [6.45, 7) is 0.747. The van der Waals surface area contributed by atoms with E-state index in [2.05, 4.69) is 21.0 Å². The van der Waals surface area contributed by atoms with Gasteiger partial charge in [-0.2, -0.15) is 10.2 Å². The van der Waals surface area contributed by atoms with Crippen LogP contribution in [0.5, 0.6) is 0 Å². The van der Waals surface area contributed by atoms with Crippen LogP contribution in [0, 0.1) is 5.92 Å². The molecule has 8 nitrogen and oxygen atoms in total. The molecule has 0 N–H and O–H groups in total. The van der Waals surface area contributed by atoms with E-state index in [9.17, 15) is 0 Å². The fourth-order valence-electron chi connectivity index (χ4n) is 4.63. The van der Waals surface area contributed by atoms with Crippen molar-refractivity contribution >= 4 is 5.65 Å². The molecule has 1 saturated carbocycles. The van der Waals surface area contributed by atoms with Crippen LogP contribution in [-0.4, -0.2) is 47.6 Å².